The summed E-state index contributed by atoms with van der Waals surface area (Å²) in [6.07, 6.45) is 0. The van der Waals surface area contributed by atoms with E-state index >= 15 is 0 Å². The highest BCUT2D eigenvalue weighted by Crippen LogP contribution is 2.19. The number of nitrogens with zero attached hydrogens (tertiary/aromatic N) is 1. The van der Waals surface area contributed by atoms with Crippen molar-refractivity contribution >= 4 is 23.4 Å². The molecule has 1 aliphatic rings. The molecule has 1 aromatic carbocycles. The highest BCUT2D eigenvalue weighted by Gasteiger charge is 2.23. The van der Waals surface area contributed by atoms with Gasteiger partial charge in [-0.15, -0.1) is 0 Å². The van der Waals surface area contributed by atoms with E-state index in [2.05, 4.69) is 5.32 Å². The summed E-state index contributed by atoms with van der Waals surface area (Å²) >= 11 is 6.09. The molecule has 5 heteroatoms. The summed E-state index contributed by atoms with van der Waals surface area (Å²) in [5, 5.41) is 3.14. The average molecular weight is 253 g/mol. The molecular formula is C12H13ClN2O2. The molecule has 0 atom stereocenters. The third-order valence-corrected chi connectivity index (χ3v) is 3.05. The van der Waals surface area contributed by atoms with Gasteiger partial charge < -0.3 is 10.2 Å². The van der Waals surface area contributed by atoms with Gasteiger partial charge in [0.2, 0.25) is 11.8 Å². The monoisotopic (exact) mass is 252 g/mol. The van der Waals surface area contributed by atoms with E-state index in [-0.39, 0.29) is 24.9 Å². The summed E-state index contributed by atoms with van der Waals surface area (Å²) in [4.78, 5) is 24.3. The molecule has 4 nitrogen and oxygen atoms in total. The first-order valence-corrected chi connectivity index (χ1v) is 5.73. The van der Waals surface area contributed by atoms with Crippen LogP contribution in [0.1, 0.15) is 11.1 Å². The van der Waals surface area contributed by atoms with Crippen molar-refractivity contribution in [3.05, 3.63) is 34.3 Å². The minimum Gasteiger partial charge on any atom is -0.345 e. The van der Waals surface area contributed by atoms with Gasteiger partial charge in [0.25, 0.3) is 0 Å². The second-order valence-corrected chi connectivity index (χ2v) is 4.53. The number of carbonyl (C=O) groups excluding carboxylic acids is 2. The van der Waals surface area contributed by atoms with Crippen LogP contribution in [0.15, 0.2) is 18.2 Å². The number of amides is 2. The topological polar surface area (TPSA) is 49.4 Å². The third kappa shape index (κ3) is 2.77. The van der Waals surface area contributed by atoms with Crippen LogP contribution in [0.3, 0.4) is 0 Å². The lowest BCUT2D eigenvalue weighted by Gasteiger charge is -2.27. The zero-order valence-corrected chi connectivity index (χ0v) is 10.3. The van der Waals surface area contributed by atoms with Gasteiger partial charge in [-0.2, -0.15) is 0 Å². The quantitative estimate of drug-likeness (QED) is 0.857. The Kier molecular flexibility index (Phi) is 3.33. The predicted molar refractivity (Wildman–Crippen MR) is 64.6 cm³/mol. The molecule has 2 amide bonds. The van der Waals surface area contributed by atoms with Gasteiger partial charge in [-0.3, -0.25) is 9.59 Å². The lowest BCUT2D eigenvalue weighted by molar-refractivity contribution is -0.141. The number of nitrogens with one attached hydrogen (secondary N) is 1. The molecule has 1 heterocycles. The second kappa shape index (κ2) is 4.75. The number of hydrogen-bond acceptors (Lipinski definition) is 2. The van der Waals surface area contributed by atoms with Crippen molar-refractivity contribution in [2.75, 3.05) is 13.1 Å². The summed E-state index contributed by atoms with van der Waals surface area (Å²) in [6, 6.07) is 5.68. The van der Waals surface area contributed by atoms with Crippen molar-refractivity contribution in [3.8, 4) is 0 Å². The molecule has 0 unspecified atom stereocenters. The molecule has 0 bridgehead atoms. The molecule has 1 aliphatic heterocycles. The lowest BCUT2D eigenvalue weighted by atomic mass is 10.1. The minimum atomic E-state index is -0.132. The van der Waals surface area contributed by atoms with E-state index in [1.54, 1.807) is 0 Å². The molecule has 0 saturated carbocycles. The molecule has 0 aromatic heterocycles. The fourth-order valence-electron chi connectivity index (χ4n) is 1.73. The number of piperazine rings is 1. The lowest BCUT2D eigenvalue weighted by Crippen LogP contribution is -2.51. The molecule has 90 valence electrons. The maximum atomic E-state index is 11.6. The van der Waals surface area contributed by atoms with Crippen molar-refractivity contribution < 1.29 is 9.59 Å². The number of carbonyl (C=O) groups is 2. The summed E-state index contributed by atoms with van der Waals surface area (Å²) < 4.78 is 0. The second-order valence-electron chi connectivity index (χ2n) is 4.12. The fourth-order valence-corrected chi connectivity index (χ4v) is 2.03. The van der Waals surface area contributed by atoms with E-state index in [1.807, 2.05) is 25.1 Å². The highest BCUT2D eigenvalue weighted by molar-refractivity contribution is 6.31. The average Bonchev–Trinajstić information content (AvgIpc) is 2.27. The van der Waals surface area contributed by atoms with Crippen molar-refractivity contribution in [1.29, 1.82) is 0 Å². The Balaban J connectivity index is 2.14. The molecular weight excluding hydrogens is 240 g/mol. The Bertz CT molecular complexity index is 474. The fraction of sp³-hybridized carbons (Fsp3) is 0.333. The number of halogens is 1. The maximum absolute atomic E-state index is 11.6. The summed E-state index contributed by atoms with van der Waals surface area (Å²) in [7, 11) is 0. The molecule has 1 aromatic rings. The summed E-state index contributed by atoms with van der Waals surface area (Å²) in [5.74, 6) is -0.214. The molecule has 0 spiro atoms. The van der Waals surface area contributed by atoms with E-state index in [4.69, 9.17) is 11.6 Å². The number of hydrogen-bond donors (Lipinski definition) is 1. The van der Waals surface area contributed by atoms with Gasteiger partial charge in [-0.1, -0.05) is 23.7 Å². The van der Waals surface area contributed by atoms with Crippen LogP contribution in [0.2, 0.25) is 5.02 Å². The molecule has 2 rings (SSSR count). The van der Waals surface area contributed by atoms with Crippen LogP contribution in [-0.4, -0.2) is 29.8 Å². The van der Waals surface area contributed by atoms with Crippen LogP contribution in [0.25, 0.3) is 0 Å². The largest absolute Gasteiger partial charge is 0.345 e. The molecule has 0 radical (unpaired) electrons. The van der Waals surface area contributed by atoms with Crippen molar-refractivity contribution in [1.82, 2.24) is 10.2 Å². The van der Waals surface area contributed by atoms with E-state index in [9.17, 15) is 9.59 Å². The van der Waals surface area contributed by atoms with E-state index < -0.39 is 0 Å². The standard InChI is InChI=1S/C12H13ClN2O2/c1-8-2-3-9(10(13)4-8)6-15-7-11(16)14-5-12(15)17/h2-4H,5-7H2,1H3,(H,14,16). The van der Waals surface area contributed by atoms with Gasteiger partial charge >= 0.3 is 0 Å². The Labute approximate surface area is 105 Å². The van der Waals surface area contributed by atoms with Gasteiger partial charge in [-0.05, 0) is 24.1 Å². The van der Waals surface area contributed by atoms with Gasteiger partial charge in [0, 0.05) is 11.6 Å². The van der Waals surface area contributed by atoms with E-state index in [1.165, 1.54) is 4.90 Å². The molecule has 1 fully saturated rings. The first-order chi connectivity index (χ1) is 8.06. The van der Waals surface area contributed by atoms with Crippen LogP contribution < -0.4 is 5.32 Å². The van der Waals surface area contributed by atoms with Crippen molar-refractivity contribution in [3.63, 3.8) is 0 Å². The summed E-state index contributed by atoms with van der Waals surface area (Å²) in [5.41, 5.74) is 1.93. The van der Waals surface area contributed by atoms with Crippen LogP contribution in [0.4, 0.5) is 0 Å². The van der Waals surface area contributed by atoms with E-state index in [0.717, 1.165) is 11.1 Å². The molecule has 17 heavy (non-hydrogen) atoms. The Morgan fingerprint density at radius 2 is 2.18 bits per heavy atom. The highest BCUT2D eigenvalue weighted by atomic mass is 35.5. The molecule has 0 aliphatic carbocycles. The number of benzene rings is 1. The minimum absolute atomic E-state index is 0.0717. The smallest absolute Gasteiger partial charge is 0.242 e. The van der Waals surface area contributed by atoms with Crippen LogP contribution in [0.5, 0.6) is 0 Å². The Morgan fingerprint density at radius 1 is 1.41 bits per heavy atom. The number of aryl methyl sites for hydroxylation is 1. The van der Waals surface area contributed by atoms with Crippen LogP contribution in [-0.2, 0) is 16.1 Å². The third-order valence-electron chi connectivity index (χ3n) is 2.69. The van der Waals surface area contributed by atoms with Gasteiger partial charge in [0.15, 0.2) is 0 Å². The zero-order valence-electron chi connectivity index (χ0n) is 9.50. The van der Waals surface area contributed by atoms with Crippen molar-refractivity contribution in [2.24, 2.45) is 0 Å². The zero-order chi connectivity index (χ0) is 12.4. The van der Waals surface area contributed by atoms with Crippen LogP contribution in [0, 0.1) is 6.92 Å². The SMILES string of the molecule is Cc1ccc(CN2CC(=O)NCC2=O)c(Cl)c1. The van der Waals surface area contributed by atoms with Gasteiger partial charge in [0.1, 0.15) is 0 Å². The predicted octanol–water partition coefficient (Wildman–Crippen LogP) is 1.11. The van der Waals surface area contributed by atoms with Gasteiger partial charge in [-0.25, -0.2) is 0 Å². The first-order valence-electron chi connectivity index (χ1n) is 5.36. The molecule has 1 N–H and O–H groups in total. The maximum Gasteiger partial charge on any atom is 0.242 e. The number of rotatable bonds is 2. The Hall–Kier alpha value is -1.55. The normalized spacial score (nSPS) is 16.0. The first kappa shape index (κ1) is 11.9. The van der Waals surface area contributed by atoms with Crippen LogP contribution >= 0.6 is 11.6 Å². The Morgan fingerprint density at radius 3 is 2.88 bits per heavy atom. The molecule has 1 saturated heterocycles. The van der Waals surface area contributed by atoms with E-state index in [0.29, 0.717) is 11.6 Å². The van der Waals surface area contributed by atoms with Gasteiger partial charge in [0.05, 0.1) is 13.1 Å². The summed E-state index contributed by atoms with van der Waals surface area (Å²) in [6.45, 7) is 2.51. The van der Waals surface area contributed by atoms with Crippen molar-refractivity contribution in [2.45, 2.75) is 13.5 Å².